The molecule has 1 atom stereocenters. The van der Waals surface area contributed by atoms with Crippen LogP contribution in [0.2, 0.25) is 0 Å². The molecule has 1 aliphatic rings. The number of ether oxygens (including phenoxy) is 2. The van der Waals surface area contributed by atoms with Gasteiger partial charge in [0.05, 0.1) is 20.0 Å². The van der Waals surface area contributed by atoms with Crippen molar-refractivity contribution >= 4 is 5.82 Å². The van der Waals surface area contributed by atoms with Crippen molar-refractivity contribution in [2.45, 2.75) is 18.9 Å². The number of nitrogens with one attached hydrogen (secondary N) is 2. The van der Waals surface area contributed by atoms with Crippen LogP contribution in [0.15, 0.2) is 11.1 Å². The average molecular weight is 282 g/mol. The maximum absolute atomic E-state index is 11.8. The predicted octanol–water partition coefficient (Wildman–Crippen LogP) is -0.0167. The van der Waals surface area contributed by atoms with E-state index in [0.717, 1.165) is 19.5 Å². The van der Waals surface area contributed by atoms with E-state index in [9.17, 15) is 4.79 Å². The van der Waals surface area contributed by atoms with Crippen LogP contribution in [-0.2, 0) is 4.74 Å². The van der Waals surface area contributed by atoms with Crippen molar-refractivity contribution in [3.63, 3.8) is 0 Å². The lowest BCUT2D eigenvalue weighted by Crippen LogP contribution is -2.40. The summed E-state index contributed by atoms with van der Waals surface area (Å²) in [7, 11) is 3.15. The SMILES string of the molecule is COCCN(CC1CCCN1)c1nc[nH]c(=O)c1OC. The third-order valence-corrected chi connectivity index (χ3v) is 3.46. The van der Waals surface area contributed by atoms with E-state index in [-0.39, 0.29) is 11.3 Å². The Bertz CT molecular complexity index is 471. The molecule has 2 N–H and O–H groups in total. The van der Waals surface area contributed by atoms with Crippen LogP contribution < -0.4 is 20.5 Å². The van der Waals surface area contributed by atoms with E-state index in [1.54, 1.807) is 7.11 Å². The first-order chi connectivity index (χ1) is 9.76. The average Bonchev–Trinajstić information content (AvgIpc) is 2.96. The van der Waals surface area contributed by atoms with Crippen molar-refractivity contribution in [2.75, 3.05) is 45.4 Å². The minimum atomic E-state index is -0.265. The lowest BCUT2D eigenvalue weighted by Gasteiger charge is -2.27. The summed E-state index contributed by atoms with van der Waals surface area (Å²) in [4.78, 5) is 20.6. The zero-order chi connectivity index (χ0) is 14.4. The molecule has 1 fully saturated rings. The topological polar surface area (TPSA) is 79.5 Å². The Balaban J connectivity index is 2.20. The van der Waals surface area contributed by atoms with Gasteiger partial charge in [-0.3, -0.25) is 4.79 Å². The smallest absolute Gasteiger partial charge is 0.295 e. The Morgan fingerprint density at radius 3 is 3.00 bits per heavy atom. The molecule has 7 nitrogen and oxygen atoms in total. The number of aromatic nitrogens is 2. The summed E-state index contributed by atoms with van der Waals surface area (Å²) in [6, 6.07) is 0.414. The number of methoxy groups -OCH3 is 2. The summed E-state index contributed by atoms with van der Waals surface area (Å²) in [6.07, 6.45) is 3.72. The van der Waals surface area contributed by atoms with Crippen molar-refractivity contribution in [1.82, 2.24) is 15.3 Å². The lowest BCUT2D eigenvalue weighted by atomic mass is 10.2. The van der Waals surface area contributed by atoms with Crippen LogP contribution >= 0.6 is 0 Å². The molecule has 1 aliphatic heterocycles. The Morgan fingerprint density at radius 1 is 1.50 bits per heavy atom. The van der Waals surface area contributed by atoms with Gasteiger partial charge in [0, 0.05) is 26.2 Å². The summed E-state index contributed by atoms with van der Waals surface area (Å²) >= 11 is 0. The van der Waals surface area contributed by atoms with E-state index in [4.69, 9.17) is 9.47 Å². The molecule has 0 bridgehead atoms. The zero-order valence-electron chi connectivity index (χ0n) is 12.0. The molecule has 112 valence electrons. The fourth-order valence-electron chi connectivity index (χ4n) is 2.45. The predicted molar refractivity (Wildman–Crippen MR) is 76.5 cm³/mol. The van der Waals surface area contributed by atoms with E-state index in [0.29, 0.717) is 25.0 Å². The molecule has 0 spiro atoms. The molecular weight excluding hydrogens is 260 g/mol. The lowest BCUT2D eigenvalue weighted by molar-refractivity contribution is 0.204. The number of rotatable bonds is 7. The van der Waals surface area contributed by atoms with Gasteiger partial charge in [-0.05, 0) is 19.4 Å². The number of hydrogen-bond donors (Lipinski definition) is 2. The molecule has 1 saturated heterocycles. The van der Waals surface area contributed by atoms with E-state index >= 15 is 0 Å². The molecule has 1 aromatic rings. The van der Waals surface area contributed by atoms with Gasteiger partial charge in [-0.15, -0.1) is 0 Å². The van der Waals surface area contributed by atoms with Crippen molar-refractivity contribution in [2.24, 2.45) is 0 Å². The number of aromatic amines is 1. The number of anilines is 1. The van der Waals surface area contributed by atoms with Gasteiger partial charge in [-0.2, -0.15) is 0 Å². The first-order valence-corrected chi connectivity index (χ1v) is 6.85. The van der Waals surface area contributed by atoms with E-state index in [2.05, 4.69) is 15.3 Å². The van der Waals surface area contributed by atoms with Crippen LogP contribution in [0.25, 0.3) is 0 Å². The largest absolute Gasteiger partial charge is 0.489 e. The molecule has 0 aromatic carbocycles. The van der Waals surface area contributed by atoms with Crippen LogP contribution in [-0.4, -0.2) is 56.5 Å². The van der Waals surface area contributed by atoms with Crippen LogP contribution in [0.4, 0.5) is 5.82 Å². The number of H-pyrrole nitrogens is 1. The quantitative estimate of drug-likeness (QED) is 0.732. The van der Waals surface area contributed by atoms with Crippen LogP contribution in [0.3, 0.4) is 0 Å². The highest BCUT2D eigenvalue weighted by atomic mass is 16.5. The molecule has 0 amide bonds. The van der Waals surface area contributed by atoms with Crippen molar-refractivity contribution < 1.29 is 9.47 Å². The van der Waals surface area contributed by atoms with Gasteiger partial charge in [-0.1, -0.05) is 0 Å². The minimum Gasteiger partial charge on any atom is -0.489 e. The molecule has 0 saturated carbocycles. The van der Waals surface area contributed by atoms with Gasteiger partial charge in [0.15, 0.2) is 5.82 Å². The second-order valence-corrected chi connectivity index (χ2v) is 4.82. The molecule has 1 aromatic heterocycles. The van der Waals surface area contributed by atoms with Crippen molar-refractivity contribution in [1.29, 1.82) is 0 Å². The Kier molecular flexibility index (Phi) is 5.37. The highest BCUT2D eigenvalue weighted by Crippen LogP contribution is 2.21. The fourth-order valence-corrected chi connectivity index (χ4v) is 2.45. The summed E-state index contributed by atoms with van der Waals surface area (Å²) in [5.41, 5.74) is -0.265. The third kappa shape index (κ3) is 3.49. The normalized spacial score (nSPS) is 18.2. The van der Waals surface area contributed by atoms with Gasteiger partial charge in [-0.25, -0.2) is 4.98 Å². The molecule has 0 aliphatic carbocycles. The minimum absolute atomic E-state index is 0.251. The molecule has 2 heterocycles. The third-order valence-electron chi connectivity index (χ3n) is 3.46. The van der Waals surface area contributed by atoms with E-state index in [1.165, 1.54) is 19.9 Å². The van der Waals surface area contributed by atoms with Gasteiger partial charge in [0.25, 0.3) is 5.56 Å². The number of nitrogens with zero attached hydrogens (tertiary/aromatic N) is 2. The maximum Gasteiger partial charge on any atom is 0.295 e. The second-order valence-electron chi connectivity index (χ2n) is 4.82. The summed E-state index contributed by atoms with van der Waals surface area (Å²) < 4.78 is 10.3. The molecule has 20 heavy (non-hydrogen) atoms. The van der Waals surface area contributed by atoms with Gasteiger partial charge < -0.3 is 24.7 Å². The molecule has 2 rings (SSSR count). The molecule has 7 heteroatoms. The van der Waals surface area contributed by atoms with Gasteiger partial charge in [0.1, 0.15) is 0 Å². The zero-order valence-corrected chi connectivity index (χ0v) is 12.0. The first-order valence-electron chi connectivity index (χ1n) is 6.85. The second kappa shape index (κ2) is 7.25. The van der Waals surface area contributed by atoms with Gasteiger partial charge in [0.2, 0.25) is 5.75 Å². The summed E-state index contributed by atoms with van der Waals surface area (Å²) in [5, 5.41) is 3.45. The molecular formula is C13H22N4O3. The molecule has 1 unspecified atom stereocenters. The highest BCUT2D eigenvalue weighted by Gasteiger charge is 2.22. The van der Waals surface area contributed by atoms with Crippen molar-refractivity contribution in [3.05, 3.63) is 16.7 Å². The van der Waals surface area contributed by atoms with Crippen LogP contribution in [0, 0.1) is 0 Å². The molecule has 0 radical (unpaired) electrons. The summed E-state index contributed by atoms with van der Waals surface area (Å²) in [5.74, 6) is 0.823. The van der Waals surface area contributed by atoms with Gasteiger partial charge >= 0.3 is 0 Å². The highest BCUT2D eigenvalue weighted by molar-refractivity contribution is 5.50. The fraction of sp³-hybridized carbons (Fsp3) is 0.692. The standard InChI is InChI=1S/C13H22N4O3/c1-19-7-6-17(8-10-4-3-5-14-10)12-11(20-2)13(18)16-9-15-12/h9-10,14H,3-8H2,1-2H3,(H,15,16,18). The first kappa shape index (κ1) is 14.8. The Hall–Kier alpha value is -1.60. The monoisotopic (exact) mass is 282 g/mol. The van der Waals surface area contributed by atoms with E-state index in [1.807, 2.05) is 4.90 Å². The number of hydrogen-bond acceptors (Lipinski definition) is 6. The summed E-state index contributed by atoms with van der Waals surface area (Å²) in [6.45, 7) is 3.07. The maximum atomic E-state index is 11.8. The Labute approximate surface area is 118 Å². The van der Waals surface area contributed by atoms with E-state index < -0.39 is 0 Å². The Morgan fingerprint density at radius 2 is 2.35 bits per heavy atom. The van der Waals surface area contributed by atoms with Crippen LogP contribution in [0.1, 0.15) is 12.8 Å². The van der Waals surface area contributed by atoms with Crippen LogP contribution in [0.5, 0.6) is 5.75 Å². The van der Waals surface area contributed by atoms with Crippen molar-refractivity contribution in [3.8, 4) is 5.75 Å².